The minimum Gasteiger partial charge on any atom is -1.00 e. The Kier molecular flexibility index (Phi) is 8.57. The van der Waals surface area contributed by atoms with E-state index >= 15 is 0 Å². The number of benzene rings is 3. The number of unbranched alkanes of at least 4 members (excludes halogenated alkanes) is 1. The first-order valence-electron chi connectivity index (χ1n) is 11.1. The van der Waals surface area contributed by atoms with Crippen LogP contribution in [0.4, 0.5) is 0 Å². The minimum atomic E-state index is -3.24. The third kappa shape index (κ3) is 4.28. The summed E-state index contributed by atoms with van der Waals surface area (Å²) in [5, 5.41) is 0. The van der Waals surface area contributed by atoms with Crippen LogP contribution >= 0.6 is 0 Å². The molecular formula is C29H28Cl2Zr. The Balaban J connectivity index is 0.00000144. The standard InChI is InChI=1S/2C9H7.C6H5.C5H9.2ClH.Zr/c2*1-2-5-9-7-3-6-8(9)4-1;1-2-4-6-5-3-1;1-3-5-4-2;;;/h2*1-7H;1-5H;1,3H,4-5H2,2H3;2*1H;/q;;;;;;+2/p-2. The molecule has 3 heteroatoms. The molecule has 0 bridgehead atoms. The van der Waals surface area contributed by atoms with E-state index in [0.717, 1.165) is 6.42 Å². The molecular weight excluding hydrogens is 510 g/mol. The van der Waals surface area contributed by atoms with Gasteiger partial charge in [-0.15, -0.1) is 0 Å². The van der Waals surface area contributed by atoms with Gasteiger partial charge >= 0.3 is 186 Å². The van der Waals surface area contributed by atoms with Gasteiger partial charge in [0.25, 0.3) is 0 Å². The van der Waals surface area contributed by atoms with Gasteiger partial charge in [-0.05, 0) is 0 Å². The Bertz CT molecular complexity index is 1070. The molecule has 32 heavy (non-hydrogen) atoms. The maximum absolute atomic E-state index is 3.24. The second-order valence-corrected chi connectivity index (χ2v) is 18.3. The van der Waals surface area contributed by atoms with E-state index in [9.17, 15) is 0 Å². The molecule has 5 rings (SSSR count). The van der Waals surface area contributed by atoms with E-state index in [1.165, 1.54) is 28.7 Å². The SMILES string of the molecule is CCCC=[CH][Zr+2]([c]1ccccc1)([CH]1C=Cc2ccccc21)[CH]1C=Cc2ccccc21.[Cl-].[Cl-]. The molecule has 3 aromatic rings. The predicted molar refractivity (Wildman–Crippen MR) is 127 cm³/mol. The third-order valence-corrected chi connectivity index (χ3v) is 19.5. The summed E-state index contributed by atoms with van der Waals surface area (Å²) in [5.41, 5.74) is 5.85. The molecule has 0 N–H and O–H groups in total. The summed E-state index contributed by atoms with van der Waals surface area (Å²) in [5.74, 6) is 0. The molecule has 0 radical (unpaired) electrons. The molecule has 0 amide bonds. The van der Waals surface area contributed by atoms with Gasteiger partial charge in [0.2, 0.25) is 0 Å². The molecule has 2 aliphatic rings. The van der Waals surface area contributed by atoms with Crippen LogP contribution in [0, 0.1) is 0 Å². The van der Waals surface area contributed by atoms with Crippen LogP contribution in [0.25, 0.3) is 12.2 Å². The van der Waals surface area contributed by atoms with Crippen LogP contribution in [0.5, 0.6) is 0 Å². The molecule has 0 aromatic heterocycles. The number of halogens is 2. The molecule has 0 aliphatic heterocycles. The maximum atomic E-state index is 2.74. The molecule has 0 saturated heterocycles. The van der Waals surface area contributed by atoms with Gasteiger partial charge in [-0.3, -0.25) is 0 Å². The first kappa shape index (κ1) is 25.0. The van der Waals surface area contributed by atoms with E-state index in [1.807, 2.05) is 0 Å². The number of rotatable bonds is 6. The predicted octanol–water partition coefficient (Wildman–Crippen LogP) is 1.32. The van der Waals surface area contributed by atoms with Crippen molar-refractivity contribution in [1.29, 1.82) is 0 Å². The molecule has 0 heterocycles. The number of allylic oxidation sites excluding steroid dienone is 3. The number of fused-ring (bicyclic) bond motifs is 2. The minimum absolute atomic E-state index is 0. The molecule has 0 fully saturated rings. The summed E-state index contributed by atoms with van der Waals surface area (Å²) in [4.78, 5) is 0. The quantitative estimate of drug-likeness (QED) is 0.445. The van der Waals surface area contributed by atoms with Gasteiger partial charge in [0, 0.05) is 0 Å². The van der Waals surface area contributed by atoms with E-state index in [4.69, 9.17) is 0 Å². The van der Waals surface area contributed by atoms with Crippen molar-refractivity contribution < 1.29 is 45.1 Å². The van der Waals surface area contributed by atoms with E-state index < -0.39 is 20.3 Å². The molecule has 3 aromatic carbocycles. The summed E-state index contributed by atoms with van der Waals surface area (Å²) >= 11 is -3.24. The summed E-state index contributed by atoms with van der Waals surface area (Å²) in [6.07, 6.45) is 14.6. The zero-order chi connectivity index (χ0) is 20.4. The van der Waals surface area contributed by atoms with Crippen LogP contribution in [0.3, 0.4) is 0 Å². The average molecular weight is 539 g/mol. The van der Waals surface area contributed by atoms with Gasteiger partial charge in [-0.25, -0.2) is 0 Å². The molecule has 2 atom stereocenters. The van der Waals surface area contributed by atoms with E-state index in [2.05, 4.69) is 120 Å². The van der Waals surface area contributed by atoms with Crippen LogP contribution < -0.4 is 28.1 Å². The van der Waals surface area contributed by atoms with Crippen LogP contribution in [-0.2, 0) is 20.3 Å². The fourth-order valence-electron chi connectivity index (χ4n) is 5.36. The van der Waals surface area contributed by atoms with Gasteiger partial charge in [0.1, 0.15) is 0 Å². The zero-order valence-corrected chi connectivity index (χ0v) is 22.3. The van der Waals surface area contributed by atoms with Gasteiger partial charge < -0.3 is 24.8 Å². The van der Waals surface area contributed by atoms with Crippen LogP contribution in [0.1, 0.15) is 49.3 Å². The second-order valence-electron chi connectivity index (χ2n) is 8.42. The van der Waals surface area contributed by atoms with Crippen molar-refractivity contribution in [2.45, 2.75) is 27.0 Å². The Morgan fingerprint density at radius 2 is 1.19 bits per heavy atom. The largest absolute Gasteiger partial charge is 1.00 e. The Labute approximate surface area is 209 Å². The third-order valence-electron chi connectivity index (χ3n) is 6.75. The summed E-state index contributed by atoms with van der Waals surface area (Å²) in [6.45, 7) is 2.28. The number of hydrogen-bond donors (Lipinski definition) is 0. The molecule has 2 unspecified atom stereocenters. The molecule has 162 valence electrons. The summed E-state index contributed by atoms with van der Waals surface area (Å²) in [7, 11) is 0. The fourth-order valence-corrected chi connectivity index (χ4v) is 18.7. The fraction of sp³-hybridized carbons (Fsp3) is 0.172. The van der Waals surface area contributed by atoms with E-state index in [-0.39, 0.29) is 24.8 Å². The van der Waals surface area contributed by atoms with E-state index in [1.54, 1.807) is 3.27 Å². The van der Waals surface area contributed by atoms with Crippen LogP contribution in [0.2, 0.25) is 0 Å². The Morgan fingerprint density at radius 3 is 1.72 bits per heavy atom. The first-order valence-corrected chi connectivity index (χ1v) is 16.6. The van der Waals surface area contributed by atoms with Gasteiger partial charge in [0.15, 0.2) is 0 Å². The topological polar surface area (TPSA) is 0 Å². The van der Waals surface area contributed by atoms with E-state index in [0.29, 0.717) is 7.25 Å². The maximum Gasteiger partial charge on any atom is -1.00 e. The second kappa shape index (κ2) is 11.0. The van der Waals surface area contributed by atoms with Gasteiger partial charge in [-0.2, -0.15) is 0 Å². The van der Waals surface area contributed by atoms with Crippen LogP contribution in [0.15, 0.2) is 101 Å². The summed E-state index contributed by atoms with van der Waals surface area (Å²) in [6, 6.07) is 29.5. The van der Waals surface area contributed by atoms with Crippen molar-refractivity contribution in [2.24, 2.45) is 0 Å². The molecule has 0 nitrogen and oxygen atoms in total. The van der Waals surface area contributed by atoms with Gasteiger partial charge in [-0.1, -0.05) is 0 Å². The normalized spacial score (nSPS) is 18.7. The van der Waals surface area contributed by atoms with Crippen molar-refractivity contribution in [3.05, 3.63) is 123 Å². The number of hydrogen-bond acceptors (Lipinski definition) is 0. The molecule has 2 aliphatic carbocycles. The summed E-state index contributed by atoms with van der Waals surface area (Å²) < 4.78 is 5.34. The van der Waals surface area contributed by atoms with Crippen LogP contribution in [-0.4, -0.2) is 0 Å². The average Bonchev–Trinajstić information content (AvgIpc) is 3.43. The monoisotopic (exact) mass is 536 g/mol. The van der Waals surface area contributed by atoms with Crippen molar-refractivity contribution in [3.63, 3.8) is 0 Å². The Morgan fingerprint density at radius 1 is 0.688 bits per heavy atom. The first-order chi connectivity index (χ1) is 14.8. The molecule has 0 spiro atoms. The van der Waals surface area contributed by atoms with Crippen molar-refractivity contribution in [3.8, 4) is 0 Å². The van der Waals surface area contributed by atoms with Crippen molar-refractivity contribution in [1.82, 2.24) is 0 Å². The van der Waals surface area contributed by atoms with Gasteiger partial charge in [0.05, 0.1) is 0 Å². The van der Waals surface area contributed by atoms with Crippen molar-refractivity contribution in [2.75, 3.05) is 0 Å². The zero-order valence-electron chi connectivity index (χ0n) is 18.3. The smallest absolute Gasteiger partial charge is 1.00 e. The Hall–Kier alpha value is -1.66. The van der Waals surface area contributed by atoms with Crippen molar-refractivity contribution >= 4 is 15.4 Å². The molecule has 0 saturated carbocycles.